The number of ether oxygens (including phenoxy) is 1. The van der Waals surface area contributed by atoms with Crippen LogP contribution in [0.4, 0.5) is 0 Å². The predicted molar refractivity (Wildman–Crippen MR) is 126 cm³/mol. The Bertz CT molecular complexity index is 990. The van der Waals surface area contributed by atoms with Crippen LogP contribution < -0.4 is 4.74 Å². The molecular weight excluding hydrogens is 434 g/mol. The Morgan fingerprint density at radius 3 is 2.74 bits per heavy atom. The monoisotopic (exact) mass is 469 g/mol. The third kappa shape index (κ3) is 5.37. The van der Waals surface area contributed by atoms with Crippen molar-refractivity contribution >= 4 is 11.8 Å². The number of aliphatic hydroxyl groups is 2. The van der Waals surface area contributed by atoms with Gasteiger partial charge in [0.2, 0.25) is 11.8 Å². The van der Waals surface area contributed by atoms with E-state index in [0.29, 0.717) is 31.5 Å². The third-order valence-corrected chi connectivity index (χ3v) is 7.15. The summed E-state index contributed by atoms with van der Waals surface area (Å²) in [6.45, 7) is 4.39. The smallest absolute Gasteiger partial charge is 0.259 e. The molecule has 2 heterocycles. The first-order valence-corrected chi connectivity index (χ1v) is 12.3. The number of likely N-dealkylation sites (N-methyl/N-ethyl adjacent to an activating group) is 1. The van der Waals surface area contributed by atoms with E-state index in [-0.39, 0.29) is 53.8 Å². The zero-order valence-corrected chi connectivity index (χ0v) is 20.3. The van der Waals surface area contributed by atoms with Crippen LogP contribution in [0.1, 0.15) is 68.3 Å². The molecule has 2 saturated carbocycles. The standard InChI is InChI=1S/C26H35N3O5/c1-17-14-29(18(2)16-30)25(32)21-12-19(8-11-26(33)9-4-5-10-26)13-27-23(21)34-22(17)15-28(3)24(31)20-6-7-20/h12-13,17-18,20,22,30,33H,4-7,9-10,14-16H2,1-3H3/t17-,18+,22+/m0/s1. The lowest BCUT2D eigenvalue weighted by Gasteiger charge is -2.37. The molecule has 4 rings (SSSR count). The van der Waals surface area contributed by atoms with Crippen molar-refractivity contribution in [1.29, 1.82) is 0 Å². The zero-order chi connectivity index (χ0) is 24.5. The summed E-state index contributed by atoms with van der Waals surface area (Å²) < 4.78 is 6.24. The molecule has 0 spiro atoms. The molecule has 0 saturated heterocycles. The SMILES string of the molecule is C[C@H](CO)N1C[C@H](C)[C@@H](CN(C)C(=O)C2CC2)Oc2ncc(C#CC3(O)CCCC3)cc2C1=O. The van der Waals surface area contributed by atoms with Crippen molar-refractivity contribution in [2.24, 2.45) is 11.8 Å². The number of aromatic nitrogens is 1. The van der Waals surface area contributed by atoms with E-state index in [9.17, 15) is 19.8 Å². The molecule has 2 N–H and O–H groups in total. The number of rotatable bonds is 5. The van der Waals surface area contributed by atoms with Crippen molar-refractivity contribution < 1.29 is 24.5 Å². The fraction of sp³-hybridized carbons (Fsp3) is 0.654. The summed E-state index contributed by atoms with van der Waals surface area (Å²) in [7, 11) is 1.79. The van der Waals surface area contributed by atoms with Crippen molar-refractivity contribution in [3.8, 4) is 17.7 Å². The molecule has 184 valence electrons. The van der Waals surface area contributed by atoms with Crippen molar-refractivity contribution in [2.75, 3.05) is 26.7 Å². The van der Waals surface area contributed by atoms with Crippen LogP contribution in [0, 0.1) is 23.7 Å². The van der Waals surface area contributed by atoms with E-state index in [2.05, 4.69) is 16.8 Å². The highest BCUT2D eigenvalue weighted by Crippen LogP contribution is 2.32. The molecule has 0 aromatic carbocycles. The largest absolute Gasteiger partial charge is 0.472 e. The maximum Gasteiger partial charge on any atom is 0.259 e. The average Bonchev–Trinajstić information content (AvgIpc) is 3.59. The fourth-order valence-corrected chi connectivity index (χ4v) is 4.66. The van der Waals surface area contributed by atoms with Gasteiger partial charge in [-0.2, -0.15) is 0 Å². The highest BCUT2D eigenvalue weighted by atomic mass is 16.5. The minimum Gasteiger partial charge on any atom is -0.472 e. The third-order valence-electron chi connectivity index (χ3n) is 7.15. The topological polar surface area (TPSA) is 103 Å². The van der Waals surface area contributed by atoms with Crippen LogP contribution in [0.5, 0.6) is 5.88 Å². The fourth-order valence-electron chi connectivity index (χ4n) is 4.66. The molecule has 2 aliphatic carbocycles. The van der Waals surface area contributed by atoms with Gasteiger partial charge in [-0.05, 0) is 51.5 Å². The molecule has 34 heavy (non-hydrogen) atoms. The lowest BCUT2D eigenvalue weighted by molar-refractivity contribution is -0.132. The molecule has 3 aliphatic rings. The van der Waals surface area contributed by atoms with E-state index in [4.69, 9.17) is 4.74 Å². The van der Waals surface area contributed by atoms with E-state index in [0.717, 1.165) is 25.7 Å². The Balaban J connectivity index is 1.64. The number of fused-ring (bicyclic) bond motifs is 1. The molecule has 2 fully saturated rings. The number of pyridine rings is 1. The number of hydrogen-bond acceptors (Lipinski definition) is 6. The van der Waals surface area contributed by atoms with Gasteiger partial charge >= 0.3 is 0 Å². The van der Waals surface area contributed by atoms with Crippen LogP contribution in [-0.4, -0.2) is 81.3 Å². The number of hydrogen-bond donors (Lipinski definition) is 2. The molecule has 1 aromatic heterocycles. The Kier molecular flexibility index (Phi) is 7.15. The normalized spacial score (nSPS) is 24.7. The number of amides is 2. The van der Waals surface area contributed by atoms with Crippen LogP contribution in [0.3, 0.4) is 0 Å². The van der Waals surface area contributed by atoms with Crippen molar-refractivity contribution in [3.63, 3.8) is 0 Å². The molecule has 1 aliphatic heterocycles. The van der Waals surface area contributed by atoms with Crippen LogP contribution in [0.2, 0.25) is 0 Å². The van der Waals surface area contributed by atoms with E-state index in [1.54, 1.807) is 36.0 Å². The minimum absolute atomic E-state index is 0.0848. The summed E-state index contributed by atoms with van der Waals surface area (Å²) in [6.07, 6.45) is 6.25. The molecule has 0 radical (unpaired) electrons. The van der Waals surface area contributed by atoms with Gasteiger partial charge in [-0.15, -0.1) is 0 Å². The van der Waals surface area contributed by atoms with Gasteiger partial charge in [-0.3, -0.25) is 9.59 Å². The number of carbonyl (C=O) groups is 2. The Hall–Kier alpha value is -2.63. The Labute approximate surface area is 201 Å². The molecule has 8 heteroatoms. The van der Waals surface area contributed by atoms with Gasteiger partial charge in [0, 0.05) is 37.2 Å². The maximum absolute atomic E-state index is 13.5. The van der Waals surface area contributed by atoms with E-state index in [1.165, 1.54) is 0 Å². The van der Waals surface area contributed by atoms with Gasteiger partial charge < -0.3 is 24.7 Å². The zero-order valence-electron chi connectivity index (χ0n) is 20.3. The summed E-state index contributed by atoms with van der Waals surface area (Å²) in [6, 6.07) is 1.26. The molecule has 2 amide bonds. The summed E-state index contributed by atoms with van der Waals surface area (Å²) in [4.78, 5) is 33.8. The minimum atomic E-state index is -0.985. The van der Waals surface area contributed by atoms with Crippen molar-refractivity contribution in [2.45, 2.75) is 70.1 Å². The first-order chi connectivity index (χ1) is 16.2. The van der Waals surface area contributed by atoms with E-state index in [1.807, 2.05) is 6.92 Å². The van der Waals surface area contributed by atoms with Crippen molar-refractivity contribution in [3.05, 3.63) is 23.4 Å². The van der Waals surface area contributed by atoms with Crippen LogP contribution >= 0.6 is 0 Å². The van der Waals surface area contributed by atoms with Crippen LogP contribution in [-0.2, 0) is 4.79 Å². The molecule has 1 aromatic rings. The lowest BCUT2D eigenvalue weighted by Crippen LogP contribution is -2.50. The van der Waals surface area contributed by atoms with Crippen LogP contribution in [0.25, 0.3) is 0 Å². The maximum atomic E-state index is 13.5. The second-order valence-electron chi connectivity index (χ2n) is 10.2. The van der Waals surface area contributed by atoms with Crippen LogP contribution in [0.15, 0.2) is 12.3 Å². The number of nitrogens with zero attached hydrogens (tertiary/aromatic N) is 3. The second-order valence-corrected chi connectivity index (χ2v) is 10.2. The first kappa shape index (κ1) is 24.5. The van der Waals surface area contributed by atoms with Gasteiger partial charge in [0.25, 0.3) is 5.91 Å². The Morgan fingerprint density at radius 2 is 2.09 bits per heavy atom. The predicted octanol–water partition coefficient (Wildman–Crippen LogP) is 1.83. The lowest BCUT2D eigenvalue weighted by atomic mass is 9.99. The quantitative estimate of drug-likeness (QED) is 0.638. The van der Waals surface area contributed by atoms with E-state index < -0.39 is 5.60 Å². The summed E-state index contributed by atoms with van der Waals surface area (Å²) >= 11 is 0. The molecular formula is C26H35N3O5. The van der Waals surface area contributed by atoms with E-state index >= 15 is 0 Å². The average molecular weight is 470 g/mol. The van der Waals surface area contributed by atoms with Gasteiger partial charge in [-0.25, -0.2) is 4.98 Å². The Morgan fingerprint density at radius 1 is 1.38 bits per heavy atom. The number of aliphatic hydroxyl groups excluding tert-OH is 1. The van der Waals surface area contributed by atoms with Gasteiger partial charge in [0.1, 0.15) is 17.3 Å². The molecule has 8 nitrogen and oxygen atoms in total. The first-order valence-electron chi connectivity index (χ1n) is 12.3. The van der Waals surface area contributed by atoms with Gasteiger partial charge in [0.15, 0.2) is 0 Å². The molecule has 3 atom stereocenters. The second kappa shape index (κ2) is 9.93. The highest BCUT2D eigenvalue weighted by molar-refractivity contribution is 5.97. The molecule has 0 bridgehead atoms. The number of carbonyl (C=O) groups excluding carboxylic acids is 2. The van der Waals surface area contributed by atoms with Crippen molar-refractivity contribution in [1.82, 2.24) is 14.8 Å². The van der Waals surface area contributed by atoms with Gasteiger partial charge in [-0.1, -0.05) is 18.8 Å². The molecule has 0 unspecified atom stereocenters. The summed E-state index contributed by atoms with van der Waals surface area (Å²) in [5.41, 5.74) is -0.182. The summed E-state index contributed by atoms with van der Waals surface area (Å²) in [5, 5.41) is 20.4. The summed E-state index contributed by atoms with van der Waals surface area (Å²) in [5.74, 6) is 6.02. The highest BCUT2D eigenvalue weighted by Gasteiger charge is 2.37. The van der Waals surface area contributed by atoms with Gasteiger partial charge in [0.05, 0.1) is 19.2 Å².